The molecule has 1 heterocycles. The Morgan fingerprint density at radius 3 is 2.35 bits per heavy atom. The zero-order valence-electron chi connectivity index (χ0n) is 10.7. The molecular formula is C15H19NS. The normalized spacial score (nSPS) is 11.7. The van der Waals surface area contributed by atoms with Gasteiger partial charge in [-0.25, -0.2) is 4.98 Å². The van der Waals surface area contributed by atoms with Crippen LogP contribution >= 0.6 is 11.3 Å². The Kier molecular flexibility index (Phi) is 3.63. The van der Waals surface area contributed by atoms with Crippen molar-refractivity contribution in [1.82, 2.24) is 4.98 Å². The molecule has 0 bridgehead atoms. The van der Waals surface area contributed by atoms with Gasteiger partial charge in [0.2, 0.25) is 0 Å². The van der Waals surface area contributed by atoms with E-state index in [1.54, 1.807) is 11.3 Å². The van der Waals surface area contributed by atoms with Crippen LogP contribution in [0.4, 0.5) is 0 Å². The molecule has 1 nitrogen and oxygen atoms in total. The van der Waals surface area contributed by atoms with Crippen molar-refractivity contribution >= 4 is 11.3 Å². The number of benzene rings is 1. The highest BCUT2D eigenvalue weighted by Gasteiger charge is 2.17. The lowest BCUT2D eigenvalue weighted by Crippen LogP contribution is -2.11. The predicted octanol–water partition coefficient (Wildman–Crippen LogP) is 4.23. The maximum Gasteiger partial charge on any atom is 0.0931 e. The molecule has 0 aliphatic heterocycles. The third-order valence-corrected chi connectivity index (χ3v) is 3.70. The van der Waals surface area contributed by atoms with Gasteiger partial charge in [-0.1, -0.05) is 51.1 Å². The summed E-state index contributed by atoms with van der Waals surface area (Å²) in [6.45, 7) is 6.63. The smallest absolute Gasteiger partial charge is 0.0931 e. The van der Waals surface area contributed by atoms with E-state index in [0.29, 0.717) is 0 Å². The average molecular weight is 245 g/mol. The van der Waals surface area contributed by atoms with Gasteiger partial charge in [0.05, 0.1) is 10.7 Å². The third-order valence-electron chi connectivity index (χ3n) is 2.79. The summed E-state index contributed by atoms with van der Waals surface area (Å²) in [5, 5.41) is 3.44. The minimum absolute atomic E-state index is 0.168. The van der Waals surface area contributed by atoms with E-state index in [1.165, 1.54) is 16.3 Å². The van der Waals surface area contributed by atoms with Crippen molar-refractivity contribution in [2.24, 2.45) is 0 Å². The first-order valence-electron chi connectivity index (χ1n) is 6.04. The first-order valence-corrected chi connectivity index (χ1v) is 6.92. The summed E-state index contributed by atoms with van der Waals surface area (Å²) in [7, 11) is 0. The van der Waals surface area contributed by atoms with Crippen LogP contribution in [0.15, 0.2) is 35.7 Å². The largest absolute Gasteiger partial charge is 0.246 e. The van der Waals surface area contributed by atoms with Crippen molar-refractivity contribution < 1.29 is 0 Å². The van der Waals surface area contributed by atoms with Crippen LogP contribution in [0.2, 0.25) is 0 Å². The quantitative estimate of drug-likeness (QED) is 0.788. The minimum atomic E-state index is 0.168. The lowest BCUT2D eigenvalue weighted by atomic mass is 9.93. The lowest BCUT2D eigenvalue weighted by molar-refractivity contribution is 0.570. The van der Waals surface area contributed by atoms with Crippen molar-refractivity contribution in [3.05, 3.63) is 52.0 Å². The average Bonchev–Trinajstić information content (AvgIpc) is 2.76. The van der Waals surface area contributed by atoms with Gasteiger partial charge >= 0.3 is 0 Å². The molecule has 0 spiro atoms. The zero-order chi connectivity index (χ0) is 12.3. The molecule has 0 saturated carbocycles. The molecule has 0 N–H and O–H groups in total. The van der Waals surface area contributed by atoms with E-state index in [1.807, 2.05) is 0 Å². The van der Waals surface area contributed by atoms with Crippen LogP contribution in [0.3, 0.4) is 0 Å². The zero-order valence-corrected chi connectivity index (χ0v) is 11.6. The van der Waals surface area contributed by atoms with Crippen LogP contribution in [0.5, 0.6) is 0 Å². The van der Waals surface area contributed by atoms with Gasteiger partial charge in [-0.15, -0.1) is 11.3 Å². The first kappa shape index (κ1) is 12.3. The van der Waals surface area contributed by atoms with Gasteiger partial charge in [0.25, 0.3) is 0 Å². The van der Waals surface area contributed by atoms with E-state index in [-0.39, 0.29) is 5.41 Å². The predicted molar refractivity (Wildman–Crippen MR) is 74.7 cm³/mol. The second kappa shape index (κ2) is 5.01. The Morgan fingerprint density at radius 1 is 1.06 bits per heavy atom. The van der Waals surface area contributed by atoms with Gasteiger partial charge in [0.15, 0.2) is 0 Å². The summed E-state index contributed by atoms with van der Waals surface area (Å²) in [6.07, 6.45) is 2.13. The standard InChI is InChI=1S/C15H19NS/c1-15(2,3)13-11-17-14(16-13)10-9-12-7-5-4-6-8-12/h4-8,11H,9-10H2,1-3H3. The Balaban J connectivity index is 1.99. The number of hydrogen-bond donors (Lipinski definition) is 0. The fourth-order valence-corrected chi connectivity index (χ4v) is 2.69. The second-order valence-electron chi connectivity index (χ2n) is 5.36. The molecule has 90 valence electrons. The van der Waals surface area contributed by atoms with Gasteiger partial charge in [0, 0.05) is 17.2 Å². The number of hydrogen-bond acceptors (Lipinski definition) is 2. The topological polar surface area (TPSA) is 12.9 Å². The SMILES string of the molecule is CC(C)(C)c1csc(CCc2ccccc2)n1. The van der Waals surface area contributed by atoms with Gasteiger partial charge in [-0.05, 0) is 12.0 Å². The Bertz CT molecular complexity index is 465. The molecule has 2 heteroatoms. The molecular weight excluding hydrogens is 226 g/mol. The monoisotopic (exact) mass is 245 g/mol. The fraction of sp³-hybridized carbons (Fsp3) is 0.400. The van der Waals surface area contributed by atoms with Crippen LogP contribution in [0.25, 0.3) is 0 Å². The summed E-state index contributed by atoms with van der Waals surface area (Å²) >= 11 is 1.78. The van der Waals surface area contributed by atoms with Gasteiger partial charge in [-0.2, -0.15) is 0 Å². The van der Waals surface area contributed by atoms with Gasteiger partial charge in [0.1, 0.15) is 0 Å². The number of nitrogens with zero attached hydrogens (tertiary/aromatic N) is 1. The molecule has 0 unspecified atom stereocenters. The van der Waals surface area contributed by atoms with Crippen LogP contribution in [-0.2, 0) is 18.3 Å². The van der Waals surface area contributed by atoms with Crippen molar-refractivity contribution in [3.8, 4) is 0 Å². The number of aryl methyl sites for hydroxylation is 2. The maximum atomic E-state index is 4.72. The van der Waals surface area contributed by atoms with Crippen LogP contribution in [0, 0.1) is 0 Å². The Morgan fingerprint density at radius 2 is 1.76 bits per heavy atom. The van der Waals surface area contributed by atoms with E-state index in [4.69, 9.17) is 4.98 Å². The summed E-state index contributed by atoms with van der Waals surface area (Å²) in [6, 6.07) is 10.6. The number of thiazole rings is 1. The van der Waals surface area contributed by atoms with Crippen LogP contribution < -0.4 is 0 Å². The summed E-state index contributed by atoms with van der Waals surface area (Å²) in [5.41, 5.74) is 2.77. The van der Waals surface area contributed by atoms with E-state index >= 15 is 0 Å². The summed E-state index contributed by atoms with van der Waals surface area (Å²) in [4.78, 5) is 4.72. The molecule has 0 aliphatic rings. The number of aromatic nitrogens is 1. The Hall–Kier alpha value is -1.15. The van der Waals surface area contributed by atoms with Crippen LogP contribution in [0.1, 0.15) is 37.0 Å². The molecule has 17 heavy (non-hydrogen) atoms. The summed E-state index contributed by atoms with van der Waals surface area (Å²) < 4.78 is 0. The molecule has 2 aromatic rings. The van der Waals surface area contributed by atoms with Crippen LogP contribution in [-0.4, -0.2) is 4.98 Å². The van der Waals surface area contributed by atoms with Gasteiger partial charge < -0.3 is 0 Å². The van der Waals surface area contributed by atoms with Crippen molar-refractivity contribution in [1.29, 1.82) is 0 Å². The highest BCUT2D eigenvalue weighted by Crippen LogP contribution is 2.24. The number of rotatable bonds is 3. The van der Waals surface area contributed by atoms with Gasteiger partial charge in [-0.3, -0.25) is 0 Å². The fourth-order valence-electron chi connectivity index (χ4n) is 1.67. The third kappa shape index (κ3) is 3.40. The minimum Gasteiger partial charge on any atom is -0.246 e. The van der Waals surface area contributed by atoms with E-state index in [9.17, 15) is 0 Å². The summed E-state index contributed by atoms with van der Waals surface area (Å²) in [5.74, 6) is 0. The first-order chi connectivity index (χ1) is 8.05. The highest BCUT2D eigenvalue weighted by atomic mass is 32.1. The highest BCUT2D eigenvalue weighted by molar-refractivity contribution is 7.09. The van der Waals surface area contributed by atoms with E-state index in [2.05, 4.69) is 56.5 Å². The van der Waals surface area contributed by atoms with E-state index in [0.717, 1.165) is 12.8 Å². The molecule has 0 fully saturated rings. The molecule has 0 aliphatic carbocycles. The van der Waals surface area contributed by atoms with Crippen molar-refractivity contribution in [2.75, 3.05) is 0 Å². The lowest BCUT2D eigenvalue weighted by Gasteiger charge is -2.14. The second-order valence-corrected chi connectivity index (χ2v) is 6.30. The molecule has 2 rings (SSSR count). The van der Waals surface area contributed by atoms with Crippen molar-refractivity contribution in [3.63, 3.8) is 0 Å². The Labute approximate surface area is 108 Å². The van der Waals surface area contributed by atoms with E-state index < -0.39 is 0 Å². The molecule has 0 amide bonds. The van der Waals surface area contributed by atoms with Crippen molar-refractivity contribution in [2.45, 2.75) is 39.0 Å². The molecule has 0 atom stereocenters. The molecule has 1 aromatic carbocycles. The molecule has 0 radical (unpaired) electrons. The maximum absolute atomic E-state index is 4.72. The molecule has 1 aromatic heterocycles. The molecule has 0 saturated heterocycles.